The lowest BCUT2D eigenvalue weighted by Crippen LogP contribution is -2.27. The molecule has 15 heavy (non-hydrogen) atoms. The highest BCUT2D eigenvalue weighted by Gasteiger charge is 2.02. The Morgan fingerprint density at radius 1 is 0.533 bits per heavy atom. The summed E-state index contributed by atoms with van der Waals surface area (Å²) in [4.78, 5) is 2.67. The first-order valence-corrected chi connectivity index (χ1v) is 7.07. The van der Waals surface area contributed by atoms with Gasteiger partial charge in [-0.1, -0.05) is 52.9 Å². The Labute approximate surface area is 97.2 Å². The van der Waals surface area contributed by atoms with Crippen LogP contribution in [0, 0.1) is 0 Å². The van der Waals surface area contributed by atoms with Crippen molar-refractivity contribution < 1.29 is 0 Å². The zero-order chi connectivity index (χ0) is 11.4. The average Bonchev–Trinajstić information content (AvgIpc) is 2.27. The zero-order valence-corrected chi connectivity index (χ0v) is 11.2. The third-order valence-electron chi connectivity index (χ3n) is 2.98. The van der Waals surface area contributed by atoms with E-state index in [9.17, 15) is 0 Å². The third-order valence-corrected chi connectivity index (χ3v) is 2.98. The fourth-order valence-electron chi connectivity index (χ4n) is 1.86. The number of unbranched alkanes of at least 4 members (excludes halogenated alkanes) is 5. The molecule has 0 N–H and O–H groups in total. The molecule has 0 radical (unpaired) electrons. The molecule has 0 saturated carbocycles. The predicted octanol–water partition coefficient (Wildman–Crippen LogP) is 4.47. The Balaban J connectivity index is 3.49. The molecule has 0 heterocycles. The molecule has 0 bridgehead atoms. The maximum Gasteiger partial charge on any atom is -0.00187 e. The van der Waals surface area contributed by atoms with Crippen molar-refractivity contribution in [2.75, 3.05) is 19.6 Å². The fraction of sp³-hybridized carbons (Fsp3) is 1.00. The summed E-state index contributed by atoms with van der Waals surface area (Å²) < 4.78 is 0. The molecule has 0 aromatic rings. The Kier molecular flexibility index (Phi) is 12.0. The highest BCUT2D eigenvalue weighted by atomic mass is 15.1. The molecular formula is C14H31N. The van der Waals surface area contributed by atoms with E-state index in [0.717, 1.165) is 0 Å². The maximum absolute atomic E-state index is 2.67. The van der Waals surface area contributed by atoms with Crippen molar-refractivity contribution in [3.63, 3.8) is 0 Å². The van der Waals surface area contributed by atoms with E-state index in [0.29, 0.717) is 0 Å². The molecule has 0 saturated heterocycles. The standard InChI is InChI=1S/C14H31N/c1-4-7-10-11-14-15(12-8-5-2)13-9-6-3/h4-14H2,1-3H3. The van der Waals surface area contributed by atoms with Crippen LogP contribution in [0.5, 0.6) is 0 Å². The van der Waals surface area contributed by atoms with E-state index >= 15 is 0 Å². The number of nitrogens with zero attached hydrogens (tertiary/aromatic N) is 1. The molecule has 0 amide bonds. The van der Waals surface area contributed by atoms with E-state index in [1.165, 1.54) is 71.0 Å². The van der Waals surface area contributed by atoms with E-state index in [1.807, 2.05) is 0 Å². The van der Waals surface area contributed by atoms with Crippen LogP contribution in [-0.4, -0.2) is 24.5 Å². The zero-order valence-electron chi connectivity index (χ0n) is 11.2. The second-order valence-corrected chi connectivity index (χ2v) is 4.61. The smallest absolute Gasteiger partial charge is 0.00187 e. The lowest BCUT2D eigenvalue weighted by Gasteiger charge is -2.21. The van der Waals surface area contributed by atoms with Gasteiger partial charge < -0.3 is 4.90 Å². The molecule has 0 rings (SSSR count). The lowest BCUT2D eigenvalue weighted by molar-refractivity contribution is 0.259. The van der Waals surface area contributed by atoms with Gasteiger partial charge in [0.25, 0.3) is 0 Å². The van der Waals surface area contributed by atoms with Gasteiger partial charge in [0.05, 0.1) is 0 Å². The summed E-state index contributed by atoms with van der Waals surface area (Å²) in [6.45, 7) is 10.8. The van der Waals surface area contributed by atoms with E-state index in [-0.39, 0.29) is 0 Å². The minimum Gasteiger partial charge on any atom is -0.303 e. The molecule has 92 valence electrons. The number of rotatable bonds is 11. The van der Waals surface area contributed by atoms with Crippen LogP contribution in [0.25, 0.3) is 0 Å². The number of hydrogen-bond donors (Lipinski definition) is 0. The first kappa shape index (κ1) is 15.0. The number of hydrogen-bond acceptors (Lipinski definition) is 1. The van der Waals surface area contributed by atoms with Crippen LogP contribution in [0.4, 0.5) is 0 Å². The summed E-state index contributed by atoms with van der Waals surface area (Å²) in [6, 6.07) is 0. The van der Waals surface area contributed by atoms with Gasteiger partial charge in [-0.25, -0.2) is 0 Å². The Bertz CT molecular complexity index is 104. The van der Waals surface area contributed by atoms with Crippen LogP contribution in [0.3, 0.4) is 0 Å². The summed E-state index contributed by atoms with van der Waals surface area (Å²) in [7, 11) is 0. The van der Waals surface area contributed by atoms with E-state index in [4.69, 9.17) is 0 Å². The van der Waals surface area contributed by atoms with Crippen LogP contribution in [0.1, 0.15) is 72.1 Å². The minimum absolute atomic E-state index is 1.32. The van der Waals surface area contributed by atoms with Crippen molar-refractivity contribution in [1.29, 1.82) is 0 Å². The van der Waals surface area contributed by atoms with Gasteiger partial charge in [0, 0.05) is 0 Å². The van der Waals surface area contributed by atoms with Crippen molar-refractivity contribution in [2.24, 2.45) is 0 Å². The van der Waals surface area contributed by atoms with Crippen molar-refractivity contribution in [1.82, 2.24) is 4.90 Å². The molecule has 0 atom stereocenters. The van der Waals surface area contributed by atoms with E-state index < -0.39 is 0 Å². The van der Waals surface area contributed by atoms with Crippen molar-refractivity contribution in [2.45, 2.75) is 72.1 Å². The van der Waals surface area contributed by atoms with Gasteiger partial charge in [-0.2, -0.15) is 0 Å². The monoisotopic (exact) mass is 213 g/mol. The van der Waals surface area contributed by atoms with E-state index in [2.05, 4.69) is 25.7 Å². The second kappa shape index (κ2) is 12.0. The molecule has 0 aliphatic carbocycles. The molecule has 1 nitrogen and oxygen atoms in total. The molecule has 0 aromatic carbocycles. The Morgan fingerprint density at radius 2 is 1.00 bits per heavy atom. The second-order valence-electron chi connectivity index (χ2n) is 4.61. The highest BCUT2D eigenvalue weighted by molar-refractivity contribution is 4.58. The van der Waals surface area contributed by atoms with Crippen LogP contribution < -0.4 is 0 Å². The molecule has 0 unspecified atom stereocenters. The fourth-order valence-corrected chi connectivity index (χ4v) is 1.86. The molecule has 0 spiro atoms. The van der Waals surface area contributed by atoms with Crippen molar-refractivity contribution in [3.8, 4) is 0 Å². The summed E-state index contributed by atoms with van der Waals surface area (Å²) in [5, 5.41) is 0. The van der Waals surface area contributed by atoms with Crippen molar-refractivity contribution in [3.05, 3.63) is 0 Å². The lowest BCUT2D eigenvalue weighted by atomic mass is 10.2. The van der Waals surface area contributed by atoms with Crippen molar-refractivity contribution >= 4 is 0 Å². The van der Waals surface area contributed by atoms with Gasteiger partial charge in [0.2, 0.25) is 0 Å². The van der Waals surface area contributed by atoms with Crippen LogP contribution >= 0.6 is 0 Å². The molecule has 0 fully saturated rings. The predicted molar refractivity (Wildman–Crippen MR) is 70.4 cm³/mol. The normalized spacial score (nSPS) is 11.2. The Hall–Kier alpha value is -0.0400. The minimum atomic E-state index is 1.32. The summed E-state index contributed by atoms with van der Waals surface area (Å²) in [6.07, 6.45) is 11.0. The topological polar surface area (TPSA) is 3.24 Å². The largest absolute Gasteiger partial charge is 0.303 e. The maximum atomic E-state index is 2.67. The first-order valence-electron chi connectivity index (χ1n) is 7.07. The molecule has 0 aromatic heterocycles. The molecule has 1 heteroatoms. The first-order chi connectivity index (χ1) is 7.35. The van der Waals surface area contributed by atoms with Crippen LogP contribution in [0.2, 0.25) is 0 Å². The van der Waals surface area contributed by atoms with Gasteiger partial charge >= 0.3 is 0 Å². The van der Waals surface area contributed by atoms with Gasteiger partial charge in [-0.15, -0.1) is 0 Å². The van der Waals surface area contributed by atoms with E-state index in [1.54, 1.807) is 0 Å². The van der Waals surface area contributed by atoms with Gasteiger partial charge in [-0.05, 0) is 38.9 Å². The van der Waals surface area contributed by atoms with Gasteiger partial charge in [0.15, 0.2) is 0 Å². The van der Waals surface area contributed by atoms with Crippen LogP contribution in [-0.2, 0) is 0 Å². The summed E-state index contributed by atoms with van der Waals surface area (Å²) in [5.74, 6) is 0. The summed E-state index contributed by atoms with van der Waals surface area (Å²) in [5.41, 5.74) is 0. The SMILES string of the molecule is CCCCCCN(CCCC)CCCC. The molecular weight excluding hydrogens is 182 g/mol. The van der Waals surface area contributed by atoms with Crippen LogP contribution in [0.15, 0.2) is 0 Å². The highest BCUT2D eigenvalue weighted by Crippen LogP contribution is 2.04. The van der Waals surface area contributed by atoms with Gasteiger partial charge in [0.1, 0.15) is 0 Å². The molecule has 0 aliphatic rings. The average molecular weight is 213 g/mol. The third kappa shape index (κ3) is 10.2. The quantitative estimate of drug-likeness (QED) is 0.458. The van der Waals surface area contributed by atoms with Gasteiger partial charge in [-0.3, -0.25) is 0 Å². The molecule has 0 aliphatic heterocycles. The Morgan fingerprint density at radius 3 is 1.47 bits per heavy atom. The summed E-state index contributed by atoms with van der Waals surface area (Å²) >= 11 is 0.